The van der Waals surface area contributed by atoms with E-state index in [-0.39, 0.29) is 6.92 Å². The quantitative estimate of drug-likeness (QED) is 0.404. The molecule has 0 atom stereocenters. The lowest BCUT2D eigenvalue weighted by Gasteiger charge is -1.88. The average molecular weight is 146 g/mol. The number of alkyl halides is 3. The van der Waals surface area contributed by atoms with Gasteiger partial charge in [0.15, 0.2) is 0 Å². The maximum Gasteiger partial charge on any atom is 0.631 e. The summed E-state index contributed by atoms with van der Waals surface area (Å²) in [6.07, 6.45) is -4.00. The van der Waals surface area contributed by atoms with Crippen LogP contribution in [-0.4, -0.2) is 28.6 Å². The molecule has 3 nitrogen and oxygen atoms in total. The molecule has 0 fully saturated rings. The van der Waals surface area contributed by atoms with Crippen molar-refractivity contribution >= 4 is 7.32 Å². The van der Waals surface area contributed by atoms with Crippen LogP contribution in [0.25, 0.3) is 0 Å². The van der Waals surface area contributed by atoms with Crippen molar-refractivity contribution in [1.29, 1.82) is 0 Å². The maximum atomic E-state index is 10.4. The van der Waals surface area contributed by atoms with Crippen molar-refractivity contribution in [3.05, 3.63) is 0 Å². The number of hydrogen-bond donors (Lipinski definition) is 3. The number of hydrogen-bond acceptors (Lipinski definition) is 3. The van der Waals surface area contributed by atoms with E-state index in [2.05, 4.69) is 0 Å². The normalized spacial score (nSPS) is 9.67. The van der Waals surface area contributed by atoms with E-state index in [0.717, 1.165) is 0 Å². The van der Waals surface area contributed by atoms with Gasteiger partial charge in [0.05, 0.1) is 0 Å². The largest absolute Gasteiger partial charge is 0.631 e. The van der Waals surface area contributed by atoms with Crippen LogP contribution in [0.15, 0.2) is 0 Å². The third-order valence-electron chi connectivity index (χ3n) is 0. The molecular formula is C2H6BF3O3. The molecule has 0 aromatic carbocycles. The molecule has 0 aliphatic carbocycles. The minimum atomic E-state index is -4.00. The summed E-state index contributed by atoms with van der Waals surface area (Å²) in [5.74, 6) is 0. The van der Waals surface area contributed by atoms with Crippen LogP contribution in [0.2, 0.25) is 0 Å². The summed E-state index contributed by atoms with van der Waals surface area (Å²) >= 11 is 0. The zero-order valence-electron chi connectivity index (χ0n) is 4.55. The fourth-order valence-electron chi connectivity index (χ4n) is 0. The molecule has 0 aromatic rings. The van der Waals surface area contributed by atoms with Gasteiger partial charge in [-0.25, -0.2) is 0 Å². The monoisotopic (exact) mass is 146 g/mol. The molecule has 0 rings (SSSR count). The lowest BCUT2D eigenvalue weighted by atomic mass is 10.3. The second kappa shape index (κ2) is 4.60. The third-order valence-corrected chi connectivity index (χ3v) is 0. The Labute approximate surface area is 49.9 Å². The van der Waals surface area contributed by atoms with E-state index in [1.807, 2.05) is 0 Å². The average Bonchev–Trinajstić information content (AvgIpc) is 1.19. The first-order valence-corrected chi connectivity index (χ1v) is 1.84. The van der Waals surface area contributed by atoms with Gasteiger partial charge >= 0.3 is 13.5 Å². The molecule has 0 saturated heterocycles. The van der Waals surface area contributed by atoms with Crippen LogP contribution in [0.3, 0.4) is 0 Å². The smallest absolute Gasteiger partial charge is 0.402 e. The summed E-state index contributed by atoms with van der Waals surface area (Å²) < 4.78 is 31.1. The van der Waals surface area contributed by atoms with E-state index in [4.69, 9.17) is 15.1 Å². The SMILES string of the molecule is CC(F)(F)F.OB(O)O. The van der Waals surface area contributed by atoms with Gasteiger partial charge < -0.3 is 15.1 Å². The molecule has 0 radical (unpaired) electrons. The molecule has 0 heterocycles. The van der Waals surface area contributed by atoms with Gasteiger partial charge in [-0.05, 0) is 0 Å². The van der Waals surface area contributed by atoms with Crippen molar-refractivity contribution in [1.82, 2.24) is 0 Å². The van der Waals surface area contributed by atoms with Crippen LogP contribution in [-0.2, 0) is 0 Å². The van der Waals surface area contributed by atoms with E-state index >= 15 is 0 Å². The van der Waals surface area contributed by atoms with Crippen LogP contribution >= 0.6 is 0 Å². The van der Waals surface area contributed by atoms with Gasteiger partial charge in [0.2, 0.25) is 0 Å². The third kappa shape index (κ3) is 3620. The van der Waals surface area contributed by atoms with Crippen LogP contribution in [0.5, 0.6) is 0 Å². The summed E-state index contributed by atoms with van der Waals surface area (Å²) in [6.45, 7) is 0.188. The van der Waals surface area contributed by atoms with Gasteiger partial charge in [-0.3, -0.25) is 0 Å². The molecule has 9 heavy (non-hydrogen) atoms. The van der Waals surface area contributed by atoms with Crippen LogP contribution in [0.4, 0.5) is 13.2 Å². The van der Waals surface area contributed by atoms with Crippen molar-refractivity contribution in [2.24, 2.45) is 0 Å². The van der Waals surface area contributed by atoms with Crippen LogP contribution in [0, 0.1) is 0 Å². The van der Waals surface area contributed by atoms with Gasteiger partial charge in [0.1, 0.15) is 0 Å². The molecule has 0 bridgehead atoms. The minimum Gasteiger partial charge on any atom is -0.402 e. The fourth-order valence-corrected chi connectivity index (χ4v) is 0. The van der Waals surface area contributed by atoms with Crippen LogP contribution < -0.4 is 0 Å². The van der Waals surface area contributed by atoms with Gasteiger partial charge in [-0.2, -0.15) is 13.2 Å². The first-order valence-electron chi connectivity index (χ1n) is 1.84. The van der Waals surface area contributed by atoms with Crippen molar-refractivity contribution in [2.45, 2.75) is 13.1 Å². The van der Waals surface area contributed by atoms with E-state index in [9.17, 15) is 13.2 Å². The molecule has 0 unspecified atom stereocenters. The second-order valence-corrected chi connectivity index (χ2v) is 1.13. The number of rotatable bonds is 0. The predicted octanol–water partition coefficient (Wildman–Crippen LogP) is -0.483. The summed E-state index contributed by atoms with van der Waals surface area (Å²) in [6, 6.07) is 0. The zero-order chi connectivity index (χ0) is 8.08. The lowest BCUT2D eigenvalue weighted by molar-refractivity contribution is -0.110. The van der Waals surface area contributed by atoms with Crippen molar-refractivity contribution in [3.63, 3.8) is 0 Å². The van der Waals surface area contributed by atoms with Crippen molar-refractivity contribution < 1.29 is 28.2 Å². The number of halogens is 3. The van der Waals surface area contributed by atoms with E-state index in [0.29, 0.717) is 0 Å². The van der Waals surface area contributed by atoms with Gasteiger partial charge in [-0.15, -0.1) is 0 Å². The van der Waals surface area contributed by atoms with Gasteiger partial charge in [0, 0.05) is 6.92 Å². The Morgan fingerprint density at radius 2 is 1.11 bits per heavy atom. The Kier molecular flexibility index (Phi) is 5.89. The molecule has 0 aliphatic heterocycles. The van der Waals surface area contributed by atoms with Gasteiger partial charge in [0.25, 0.3) is 0 Å². The Morgan fingerprint density at radius 3 is 1.11 bits per heavy atom. The van der Waals surface area contributed by atoms with E-state index in [1.165, 1.54) is 0 Å². The highest BCUT2D eigenvalue weighted by molar-refractivity contribution is 6.30. The molecule has 0 aliphatic rings. The first-order chi connectivity index (χ1) is 3.73. The summed E-state index contributed by atoms with van der Waals surface area (Å²) in [4.78, 5) is 0. The van der Waals surface area contributed by atoms with Crippen molar-refractivity contribution in [3.8, 4) is 0 Å². The topological polar surface area (TPSA) is 60.7 Å². The molecule has 0 aromatic heterocycles. The van der Waals surface area contributed by atoms with Gasteiger partial charge in [-0.1, -0.05) is 0 Å². The fraction of sp³-hybridized carbons (Fsp3) is 1.00. The van der Waals surface area contributed by atoms with E-state index < -0.39 is 13.5 Å². The lowest BCUT2D eigenvalue weighted by Crippen LogP contribution is -2.07. The molecule has 0 spiro atoms. The maximum absolute atomic E-state index is 10.4. The first kappa shape index (κ1) is 11.5. The zero-order valence-corrected chi connectivity index (χ0v) is 4.55. The standard InChI is InChI=1S/C2H3F3.BH3O3/c1-2(3,4)5;2-1(3)4/h1H3;2-4H. The second-order valence-electron chi connectivity index (χ2n) is 1.13. The Hall–Kier alpha value is -0.265. The Balaban J connectivity index is 0. The summed E-state index contributed by atoms with van der Waals surface area (Å²) in [7, 11) is -2.17. The van der Waals surface area contributed by atoms with E-state index in [1.54, 1.807) is 0 Å². The highest BCUT2D eigenvalue weighted by Gasteiger charge is 2.15. The molecule has 0 saturated carbocycles. The minimum absolute atomic E-state index is 0.188. The predicted molar refractivity (Wildman–Crippen MR) is 24.1 cm³/mol. The molecule has 0 amide bonds. The highest BCUT2D eigenvalue weighted by Crippen LogP contribution is 2.10. The highest BCUT2D eigenvalue weighted by atomic mass is 19.4. The molecule has 56 valence electrons. The Morgan fingerprint density at radius 1 is 1.11 bits per heavy atom. The molecule has 3 N–H and O–H groups in total. The van der Waals surface area contributed by atoms with Crippen molar-refractivity contribution in [2.75, 3.05) is 0 Å². The summed E-state index contributed by atoms with van der Waals surface area (Å²) in [5, 5.41) is 21.5. The molecular weight excluding hydrogens is 140 g/mol. The van der Waals surface area contributed by atoms with Crippen LogP contribution in [0.1, 0.15) is 6.92 Å². The Bertz CT molecular complexity index is 53.8. The molecule has 7 heteroatoms. The summed E-state index contributed by atoms with van der Waals surface area (Å²) in [5.41, 5.74) is 0.